The highest BCUT2D eigenvalue weighted by atomic mass is 16.5. The Morgan fingerprint density at radius 2 is 2.14 bits per heavy atom. The quantitative estimate of drug-likeness (QED) is 0.845. The van der Waals surface area contributed by atoms with Crippen LogP contribution in [0.5, 0.6) is 0 Å². The molecule has 1 aliphatic rings. The molecule has 1 saturated carbocycles. The topological polar surface area (TPSA) is 63.2 Å². The van der Waals surface area contributed by atoms with Gasteiger partial charge in [0.15, 0.2) is 0 Å². The summed E-state index contributed by atoms with van der Waals surface area (Å²) < 4.78 is 5.53. The number of methoxy groups -OCH3 is 1. The Morgan fingerprint density at radius 3 is 2.62 bits per heavy atom. The summed E-state index contributed by atoms with van der Waals surface area (Å²) in [6, 6.07) is 3.64. The van der Waals surface area contributed by atoms with Crippen molar-refractivity contribution in [2.75, 3.05) is 26.0 Å². The smallest absolute Gasteiger partial charge is 0.251 e. The number of carbonyl (C=O) groups excluding carboxylic acids is 1. The van der Waals surface area contributed by atoms with Crippen LogP contribution in [0, 0.1) is 0 Å². The summed E-state index contributed by atoms with van der Waals surface area (Å²) in [5.74, 6) is 0.928. The zero-order valence-electron chi connectivity index (χ0n) is 13.3. The fourth-order valence-corrected chi connectivity index (χ4v) is 2.47. The maximum absolute atomic E-state index is 12.4. The molecule has 0 unspecified atom stereocenters. The highest BCUT2D eigenvalue weighted by Crippen LogP contribution is 2.34. The normalized spacial score (nSPS) is 16.4. The zero-order chi connectivity index (χ0) is 15.5. The van der Waals surface area contributed by atoms with Crippen LogP contribution in [0.1, 0.15) is 55.1 Å². The second-order valence-electron chi connectivity index (χ2n) is 5.99. The number of anilines is 1. The number of amides is 1. The molecular formula is C16H25N3O2. The van der Waals surface area contributed by atoms with E-state index in [0.29, 0.717) is 12.1 Å². The molecule has 1 fully saturated rings. The molecule has 0 aliphatic heterocycles. The van der Waals surface area contributed by atoms with E-state index in [1.54, 1.807) is 13.2 Å². The molecule has 116 valence electrons. The van der Waals surface area contributed by atoms with E-state index in [4.69, 9.17) is 4.74 Å². The number of rotatable bonds is 6. The van der Waals surface area contributed by atoms with Crippen molar-refractivity contribution < 1.29 is 9.53 Å². The Morgan fingerprint density at radius 1 is 1.43 bits per heavy atom. The van der Waals surface area contributed by atoms with Crippen molar-refractivity contribution >= 4 is 11.7 Å². The lowest BCUT2D eigenvalue weighted by Gasteiger charge is -2.40. The molecule has 0 saturated heterocycles. The van der Waals surface area contributed by atoms with Gasteiger partial charge in [0.2, 0.25) is 0 Å². The molecule has 1 heterocycles. The van der Waals surface area contributed by atoms with Gasteiger partial charge >= 0.3 is 0 Å². The number of hydrogen-bond donors (Lipinski definition) is 2. The fourth-order valence-electron chi connectivity index (χ4n) is 2.47. The Balaban J connectivity index is 2.09. The molecule has 5 nitrogen and oxygen atoms in total. The van der Waals surface area contributed by atoms with Gasteiger partial charge in [-0.15, -0.1) is 0 Å². The van der Waals surface area contributed by atoms with Crippen LogP contribution >= 0.6 is 0 Å². The minimum absolute atomic E-state index is 0.0703. The zero-order valence-corrected chi connectivity index (χ0v) is 13.3. The molecule has 1 amide bonds. The van der Waals surface area contributed by atoms with Gasteiger partial charge in [0.1, 0.15) is 5.82 Å². The number of aromatic nitrogens is 1. The third-order valence-corrected chi connectivity index (χ3v) is 4.22. The Hall–Kier alpha value is -1.62. The number of hydrogen-bond acceptors (Lipinski definition) is 4. The molecule has 0 radical (unpaired) electrons. The lowest BCUT2D eigenvalue weighted by atomic mass is 9.80. The number of carbonyl (C=O) groups is 1. The first-order chi connectivity index (χ1) is 9.99. The fraction of sp³-hybridized carbons (Fsp3) is 0.625. The third kappa shape index (κ3) is 3.53. The molecular weight excluding hydrogens is 266 g/mol. The summed E-state index contributed by atoms with van der Waals surface area (Å²) in [5.41, 5.74) is 1.40. The maximum atomic E-state index is 12.4. The van der Waals surface area contributed by atoms with Crippen LogP contribution in [-0.2, 0) is 4.74 Å². The van der Waals surface area contributed by atoms with Crippen LogP contribution in [0.25, 0.3) is 0 Å². The van der Waals surface area contributed by atoms with Crippen molar-refractivity contribution in [2.45, 2.75) is 44.6 Å². The Bertz CT molecular complexity index is 505. The van der Waals surface area contributed by atoms with Gasteiger partial charge in [0.05, 0.1) is 5.60 Å². The minimum Gasteiger partial charge on any atom is -0.376 e. The Kier molecular flexibility index (Phi) is 4.83. The van der Waals surface area contributed by atoms with Crippen molar-refractivity contribution in [2.24, 2.45) is 0 Å². The van der Waals surface area contributed by atoms with Gasteiger partial charge < -0.3 is 15.4 Å². The molecule has 0 atom stereocenters. The van der Waals surface area contributed by atoms with E-state index < -0.39 is 0 Å². The predicted molar refractivity (Wildman–Crippen MR) is 83.8 cm³/mol. The van der Waals surface area contributed by atoms with E-state index in [2.05, 4.69) is 29.5 Å². The molecule has 2 N–H and O–H groups in total. The minimum atomic E-state index is -0.157. The largest absolute Gasteiger partial charge is 0.376 e. The highest BCUT2D eigenvalue weighted by molar-refractivity contribution is 5.95. The molecule has 1 aromatic heterocycles. The van der Waals surface area contributed by atoms with E-state index in [-0.39, 0.29) is 17.4 Å². The van der Waals surface area contributed by atoms with Gasteiger partial charge in [-0.05, 0) is 37.3 Å². The van der Waals surface area contributed by atoms with E-state index in [0.717, 1.165) is 24.4 Å². The lowest BCUT2D eigenvalue weighted by molar-refractivity contribution is -0.0679. The number of pyridine rings is 1. The molecule has 0 bridgehead atoms. The molecule has 21 heavy (non-hydrogen) atoms. The molecule has 2 rings (SSSR count). The number of ether oxygens (including phenoxy) is 1. The van der Waals surface area contributed by atoms with Crippen LogP contribution in [-0.4, -0.2) is 37.2 Å². The first kappa shape index (κ1) is 15.8. The number of nitrogens with one attached hydrogen (secondary N) is 2. The molecule has 1 aromatic rings. The van der Waals surface area contributed by atoms with Crippen molar-refractivity contribution in [1.29, 1.82) is 0 Å². The van der Waals surface area contributed by atoms with Crippen molar-refractivity contribution in [3.05, 3.63) is 23.4 Å². The maximum Gasteiger partial charge on any atom is 0.251 e. The van der Waals surface area contributed by atoms with Gasteiger partial charge in [0.25, 0.3) is 5.91 Å². The molecule has 1 aliphatic carbocycles. The Labute approximate surface area is 126 Å². The van der Waals surface area contributed by atoms with E-state index in [9.17, 15) is 4.79 Å². The lowest BCUT2D eigenvalue weighted by Crippen LogP contribution is -2.49. The van der Waals surface area contributed by atoms with Gasteiger partial charge in [-0.25, -0.2) is 4.98 Å². The van der Waals surface area contributed by atoms with Crippen LogP contribution in [0.3, 0.4) is 0 Å². The van der Waals surface area contributed by atoms with Crippen molar-refractivity contribution in [1.82, 2.24) is 10.3 Å². The second kappa shape index (κ2) is 6.43. The summed E-state index contributed by atoms with van der Waals surface area (Å²) >= 11 is 0. The molecule has 0 aromatic carbocycles. The summed E-state index contributed by atoms with van der Waals surface area (Å²) in [6.45, 7) is 4.70. The van der Waals surface area contributed by atoms with Gasteiger partial charge in [-0.2, -0.15) is 0 Å². The van der Waals surface area contributed by atoms with Gasteiger partial charge in [-0.3, -0.25) is 4.79 Å². The van der Waals surface area contributed by atoms with Crippen LogP contribution in [0.4, 0.5) is 5.82 Å². The third-order valence-electron chi connectivity index (χ3n) is 4.22. The summed E-state index contributed by atoms with van der Waals surface area (Å²) in [4.78, 5) is 16.8. The van der Waals surface area contributed by atoms with Crippen LogP contribution in [0.2, 0.25) is 0 Å². The van der Waals surface area contributed by atoms with E-state index in [1.165, 1.54) is 6.42 Å². The summed E-state index contributed by atoms with van der Waals surface area (Å²) in [5, 5.41) is 6.00. The van der Waals surface area contributed by atoms with Gasteiger partial charge in [0, 0.05) is 32.0 Å². The average Bonchev–Trinajstić information content (AvgIpc) is 2.45. The number of nitrogens with zero attached hydrogens (tertiary/aromatic N) is 1. The highest BCUT2D eigenvalue weighted by Gasteiger charge is 2.37. The SMILES string of the molecule is CNc1cc(C(=O)NCC2(OC)CCC2)cc(C(C)C)n1. The van der Waals surface area contributed by atoms with Crippen molar-refractivity contribution in [3.8, 4) is 0 Å². The summed E-state index contributed by atoms with van der Waals surface area (Å²) in [6.07, 6.45) is 3.19. The molecule has 0 spiro atoms. The second-order valence-corrected chi connectivity index (χ2v) is 5.99. The van der Waals surface area contributed by atoms with Gasteiger partial charge in [-0.1, -0.05) is 13.8 Å². The predicted octanol–water partition coefficient (Wildman–Crippen LogP) is 2.55. The van der Waals surface area contributed by atoms with Crippen LogP contribution in [0.15, 0.2) is 12.1 Å². The van der Waals surface area contributed by atoms with E-state index in [1.807, 2.05) is 13.1 Å². The first-order valence-corrected chi connectivity index (χ1v) is 7.53. The summed E-state index contributed by atoms with van der Waals surface area (Å²) in [7, 11) is 3.52. The monoisotopic (exact) mass is 291 g/mol. The van der Waals surface area contributed by atoms with Crippen LogP contribution < -0.4 is 10.6 Å². The first-order valence-electron chi connectivity index (χ1n) is 7.53. The molecule has 5 heteroatoms. The standard InChI is InChI=1S/C16H25N3O2/c1-11(2)13-8-12(9-14(17-3)19-13)15(20)18-10-16(21-4)6-5-7-16/h8-9,11H,5-7,10H2,1-4H3,(H,17,19)(H,18,20). The van der Waals surface area contributed by atoms with E-state index >= 15 is 0 Å². The average molecular weight is 291 g/mol. The van der Waals surface area contributed by atoms with Crippen molar-refractivity contribution in [3.63, 3.8) is 0 Å².